The molecule has 25 heavy (non-hydrogen) atoms. The second-order valence-electron chi connectivity index (χ2n) is 6.22. The first-order chi connectivity index (χ1) is 12.3. The van der Waals surface area contributed by atoms with E-state index in [0.717, 1.165) is 70.8 Å². The van der Waals surface area contributed by atoms with Crippen LogP contribution in [-0.4, -0.2) is 46.1 Å². The van der Waals surface area contributed by atoms with E-state index in [2.05, 4.69) is 44.3 Å². The van der Waals surface area contributed by atoms with Crippen molar-refractivity contribution in [3.63, 3.8) is 0 Å². The highest BCUT2D eigenvalue weighted by molar-refractivity contribution is 5.37. The smallest absolute Gasteiger partial charge is 0.122 e. The van der Waals surface area contributed by atoms with Gasteiger partial charge in [0.05, 0.1) is 13.2 Å². The Morgan fingerprint density at radius 2 is 1.60 bits per heavy atom. The fourth-order valence-electron chi connectivity index (χ4n) is 2.57. The fraction of sp³-hybridized carbons (Fsp3) is 0.714. The monoisotopic (exact) mass is 351 g/mol. The molecule has 1 aromatic carbocycles. The van der Waals surface area contributed by atoms with Gasteiger partial charge in [0.15, 0.2) is 0 Å². The Labute approximate surface area is 154 Å². The second kappa shape index (κ2) is 15.2. The van der Waals surface area contributed by atoms with Crippen molar-refractivity contribution in [1.29, 1.82) is 0 Å². The lowest BCUT2D eigenvalue weighted by atomic mass is 10.0. The summed E-state index contributed by atoms with van der Waals surface area (Å²) in [6.07, 6.45) is 5.32. The Morgan fingerprint density at radius 3 is 2.32 bits per heavy atom. The zero-order valence-electron chi connectivity index (χ0n) is 16.4. The third kappa shape index (κ3) is 10.5. The summed E-state index contributed by atoms with van der Waals surface area (Å²) in [4.78, 5) is 0. The Morgan fingerprint density at radius 1 is 0.840 bits per heavy atom. The third-order valence-electron chi connectivity index (χ3n) is 3.94. The van der Waals surface area contributed by atoms with Crippen LogP contribution in [0, 0.1) is 0 Å². The van der Waals surface area contributed by atoms with Crippen molar-refractivity contribution >= 4 is 0 Å². The standard InChI is InChI=1S/C21H37NO3/c1-4-13-23-15-12-22-11-7-8-20-18-19(6-3)9-10-21(20)25-17-16-24-14-5-2/h9-10,18,22H,4-8,11-17H2,1-3H3. The van der Waals surface area contributed by atoms with Gasteiger partial charge in [-0.15, -0.1) is 0 Å². The van der Waals surface area contributed by atoms with Crippen molar-refractivity contribution in [2.45, 2.75) is 52.9 Å². The van der Waals surface area contributed by atoms with Crippen molar-refractivity contribution < 1.29 is 14.2 Å². The molecular formula is C21H37NO3. The van der Waals surface area contributed by atoms with Gasteiger partial charge < -0.3 is 19.5 Å². The Hall–Kier alpha value is -1.10. The molecule has 0 aromatic heterocycles. The zero-order chi connectivity index (χ0) is 18.2. The summed E-state index contributed by atoms with van der Waals surface area (Å²) in [6, 6.07) is 6.56. The number of hydrogen-bond acceptors (Lipinski definition) is 4. The number of hydrogen-bond donors (Lipinski definition) is 1. The molecule has 1 N–H and O–H groups in total. The van der Waals surface area contributed by atoms with Gasteiger partial charge in [-0.3, -0.25) is 0 Å². The molecule has 4 nitrogen and oxygen atoms in total. The highest BCUT2D eigenvalue weighted by Gasteiger charge is 2.05. The number of ether oxygens (including phenoxy) is 3. The molecule has 0 aliphatic rings. The summed E-state index contributed by atoms with van der Waals surface area (Å²) in [7, 11) is 0. The van der Waals surface area contributed by atoms with Crippen LogP contribution in [-0.2, 0) is 22.3 Å². The van der Waals surface area contributed by atoms with Crippen molar-refractivity contribution in [2.24, 2.45) is 0 Å². The molecule has 4 heteroatoms. The lowest BCUT2D eigenvalue weighted by Crippen LogP contribution is -2.21. The highest BCUT2D eigenvalue weighted by atomic mass is 16.5. The summed E-state index contributed by atoms with van der Waals surface area (Å²) in [6.45, 7) is 12.1. The molecule has 0 saturated heterocycles. The molecule has 0 saturated carbocycles. The molecule has 0 heterocycles. The van der Waals surface area contributed by atoms with Crippen LogP contribution in [0.4, 0.5) is 0 Å². The van der Waals surface area contributed by atoms with Gasteiger partial charge in [0, 0.05) is 19.8 Å². The minimum absolute atomic E-state index is 0.617. The van der Waals surface area contributed by atoms with Crippen molar-refractivity contribution in [2.75, 3.05) is 46.1 Å². The van der Waals surface area contributed by atoms with Gasteiger partial charge in [0.1, 0.15) is 12.4 Å². The van der Waals surface area contributed by atoms with E-state index in [-0.39, 0.29) is 0 Å². The van der Waals surface area contributed by atoms with Gasteiger partial charge >= 0.3 is 0 Å². The summed E-state index contributed by atoms with van der Waals surface area (Å²) < 4.78 is 16.9. The maximum absolute atomic E-state index is 5.94. The molecule has 0 fully saturated rings. The van der Waals surface area contributed by atoms with Crippen LogP contribution in [0.3, 0.4) is 0 Å². The molecular weight excluding hydrogens is 314 g/mol. The molecule has 1 rings (SSSR count). The molecule has 144 valence electrons. The maximum Gasteiger partial charge on any atom is 0.122 e. The molecule has 0 aliphatic carbocycles. The minimum Gasteiger partial charge on any atom is -0.491 e. The number of benzene rings is 1. The predicted octanol–water partition coefficient (Wildman–Crippen LogP) is 4.00. The van der Waals surface area contributed by atoms with Crippen LogP contribution >= 0.6 is 0 Å². The average molecular weight is 352 g/mol. The summed E-state index contributed by atoms with van der Waals surface area (Å²) in [5.41, 5.74) is 2.67. The predicted molar refractivity (Wildman–Crippen MR) is 105 cm³/mol. The van der Waals surface area contributed by atoms with Crippen molar-refractivity contribution in [3.05, 3.63) is 29.3 Å². The largest absolute Gasteiger partial charge is 0.491 e. The zero-order valence-corrected chi connectivity index (χ0v) is 16.4. The molecule has 0 amide bonds. The third-order valence-corrected chi connectivity index (χ3v) is 3.94. The summed E-state index contributed by atoms with van der Waals surface area (Å²) >= 11 is 0. The fourth-order valence-corrected chi connectivity index (χ4v) is 2.57. The molecule has 0 unspecified atom stereocenters. The minimum atomic E-state index is 0.617. The molecule has 0 radical (unpaired) electrons. The molecule has 0 aliphatic heterocycles. The van der Waals surface area contributed by atoms with Gasteiger partial charge in [-0.2, -0.15) is 0 Å². The Bertz CT molecular complexity index is 437. The summed E-state index contributed by atoms with van der Waals surface area (Å²) in [5, 5.41) is 3.44. The number of rotatable bonds is 16. The van der Waals surface area contributed by atoms with Crippen molar-refractivity contribution in [1.82, 2.24) is 5.32 Å². The van der Waals surface area contributed by atoms with Gasteiger partial charge in [0.2, 0.25) is 0 Å². The van der Waals surface area contributed by atoms with Gasteiger partial charge in [-0.05, 0) is 55.8 Å². The van der Waals surface area contributed by atoms with Crippen LogP contribution in [0.5, 0.6) is 5.75 Å². The quantitative estimate of drug-likeness (QED) is 0.457. The summed E-state index contributed by atoms with van der Waals surface area (Å²) in [5.74, 6) is 1.00. The van der Waals surface area contributed by atoms with Crippen LogP contribution < -0.4 is 10.1 Å². The van der Waals surface area contributed by atoms with E-state index >= 15 is 0 Å². The Balaban J connectivity index is 2.33. The lowest BCUT2D eigenvalue weighted by molar-refractivity contribution is 0.100. The van der Waals surface area contributed by atoms with Crippen LogP contribution in [0.15, 0.2) is 18.2 Å². The van der Waals surface area contributed by atoms with Crippen LogP contribution in [0.2, 0.25) is 0 Å². The van der Waals surface area contributed by atoms with E-state index in [4.69, 9.17) is 14.2 Å². The highest BCUT2D eigenvalue weighted by Crippen LogP contribution is 2.22. The maximum atomic E-state index is 5.94. The first-order valence-corrected chi connectivity index (χ1v) is 9.92. The van der Waals surface area contributed by atoms with E-state index in [1.165, 1.54) is 11.1 Å². The van der Waals surface area contributed by atoms with E-state index in [1.54, 1.807) is 0 Å². The Kier molecular flexibility index (Phi) is 13.3. The lowest BCUT2D eigenvalue weighted by Gasteiger charge is -2.13. The van der Waals surface area contributed by atoms with Gasteiger partial charge in [-0.1, -0.05) is 32.9 Å². The molecule has 0 bridgehead atoms. The van der Waals surface area contributed by atoms with Crippen LogP contribution in [0.1, 0.15) is 51.2 Å². The second-order valence-corrected chi connectivity index (χ2v) is 6.22. The number of nitrogens with one attached hydrogen (secondary N) is 1. The molecule has 0 atom stereocenters. The van der Waals surface area contributed by atoms with E-state index in [0.29, 0.717) is 13.2 Å². The van der Waals surface area contributed by atoms with Gasteiger partial charge in [-0.25, -0.2) is 0 Å². The first-order valence-electron chi connectivity index (χ1n) is 9.92. The van der Waals surface area contributed by atoms with Crippen LogP contribution in [0.25, 0.3) is 0 Å². The van der Waals surface area contributed by atoms with E-state index in [9.17, 15) is 0 Å². The van der Waals surface area contributed by atoms with Gasteiger partial charge in [0.25, 0.3) is 0 Å². The first kappa shape index (κ1) is 21.9. The average Bonchev–Trinajstić information content (AvgIpc) is 2.64. The number of aryl methyl sites for hydroxylation is 2. The normalized spacial score (nSPS) is 11.0. The topological polar surface area (TPSA) is 39.7 Å². The van der Waals surface area contributed by atoms with E-state index < -0.39 is 0 Å². The SMILES string of the molecule is CCCOCCNCCCc1cc(CC)ccc1OCCOCCC. The molecule has 1 aromatic rings. The molecule has 0 spiro atoms. The van der Waals surface area contributed by atoms with E-state index in [1.807, 2.05) is 0 Å². The van der Waals surface area contributed by atoms with Crippen molar-refractivity contribution in [3.8, 4) is 5.75 Å².